The zero-order valence-electron chi connectivity index (χ0n) is 11.0. The molecule has 8 heteroatoms. The molecule has 0 atom stereocenters. The van der Waals surface area contributed by atoms with Crippen LogP contribution in [0, 0.1) is 18.6 Å². The summed E-state index contributed by atoms with van der Waals surface area (Å²) in [6.07, 6.45) is 0.483. The van der Waals surface area contributed by atoms with Crippen LogP contribution in [0.2, 0.25) is 5.02 Å². The first-order valence-corrected chi connectivity index (χ1v) is 8.25. The molecule has 0 saturated carbocycles. The number of rotatable bonds is 1. The summed E-state index contributed by atoms with van der Waals surface area (Å²) in [5.74, 6) is -1.44. The first kappa shape index (κ1) is 14.5. The third-order valence-corrected chi connectivity index (χ3v) is 5.78. The summed E-state index contributed by atoms with van der Waals surface area (Å²) in [5.41, 5.74) is 0.361. The van der Waals surface area contributed by atoms with E-state index in [9.17, 15) is 17.2 Å². The van der Waals surface area contributed by atoms with Gasteiger partial charge in [0.2, 0.25) is 10.0 Å². The number of hydrogen-bond donors (Lipinski definition) is 0. The Hall–Kier alpha value is -1.47. The van der Waals surface area contributed by atoms with Crippen molar-refractivity contribution in [3.8, 4) is 0 Å². The van der Waals surface area contributed by atoms with E-state index in [1.54, 1.807) is 6.92 Å². The van der Waals surface area contributed by atoms with Crippen molar-refractivity contribution < 1.29 is 17.2 Å². The molecule has 2 heterocycles. The minimum atomic E-state index is -3.44. The molecule has 0 unspecified atom stereocenters. The molecule has 1 fully saturated rings. The molecule has 1 aromatic carbocycles. The monoisotopic (exact) mass is 332 g/mol. The molecule has 0 amide bonds. The maximum absolute atomic E-state index is 13.9. The summed E-state index contributed by atoms with van der Waals surface area (Å²) in [6, 6.07) is 1.76. The van der Waals surface area contributed by atoms with Gasteiger partial charge in [0, 0.05) is 24.2 Å². The molecule has 0 bridgehead atoms. The molecule has 1 aliphatic rings. The Balaban J connectivity index is 2.33. The highest BCUT2D eigenvalue weighted by Crippen LogP contribution is 2.36. The number of sulfonamides is 1. The summed E-state index contributed by atoms with van der Waals surface area (Å²) >= 11 is 6.14. The second-order valence-electron chi connectivity index (χ2n) is 4.90. The molecular weight excluding hydrogens is 322 g/mol. The standard InChI is InChI=1S/C13H11ClF2N2O2S/c1-7-12(14)11-9(16)5-8(15)6-10(11)17-13(7)18-3-2-4-21(18,19)20/h5-6H,2-4H2,1H3. The predicted octanol–water partition coefficient (Wildman–Crippen LogP) is 3.01. The molecule has 0 N–H and O–H groups in total. The van der Waals surface area contributed by atoms with Crippen LogP contribution in [0.15, 0.2) is 12.1 Å². The highest BCUT2D eigenvalue weighted by atomic mass is 35.5. The van der Waals surface area contributed by atoms with Crippen LogP contribution < -0.4 is 4.31 Å². The fourth-order valence-corrected chi connectivity index (χ4v) is 4.30. The Labute approximate surface area is 125 Å². The fraction of sp³-hybridized carbons (Fsp3) is 0.308. The van der Waals surface area contributed by atoms with Gasteiger partial charge in [-0.1, -0.05) is 11.6 Å². The van der Waals surface area contributed by atoms with E-state index in [1.807, 2.05) is 0 Å². The number of fused-ring (bicyclic) bond motifs is 1. The van der Waals surface area contributed by atoms with Gasteiger partial charge in [0.25, 0.3) is 0 Å². The Morgan fingerprint density at radius 1 is 1.33 bits per heavy atom. The Morgan fingerprint density at radius 2 is 2.05 bits per heavy atom. The van der Waals surface area contributed by atoms with Crippen molar-refractivity contribution in [1.82, 2.24) is 4.98 Å². The number of halogens is 3. The lowest BCUT2D eigenvalue weighted by Gasteiger charge is -2.19. The predicted molar refractivity (Wildman–Crippen MR) is 77.2 cm³/mol. The van der Waals surface area contributed by atoms with Gasteiger partial charge >= 0.3 is 0 Å². The highest BCUT2D eigenvalue weighted by molar-refractivity contribution is 7.93. The first-order valence-electron chi connectivity index (χ1n) is 6.26. The number of anilines is 1. The van der Waals surface area contributed by atoms with Crippen molar-refractivity contribution in [3.05, 3.63) is 34.4 Å². The Bertz CT molecular complexity index is 855. The molecule has 3 rings (SSSR count). The first-order chi connectivity index (χ1) is 9.81. The topological polar surface area (TPSA) is 50.3 Å². The smallest absolute Gasteiger partial charge is 0.236 e. The summed E-state index contributed by atoms with van der Waals surface area (Å²) in [6.45, 7) is 1.86. The van der Waals surface area contributed by atoms with E-state index in [-0.39, 0.29) is 34.0 Å². The summed E-state index contributed by atoms with van der Waals surface area (Å²) in [5, 5.41) is 0.0468. The van der Waals surface area contributed by atoms with Crippen molar-refractivity contribution in [2.75, 3.05) is 16.6 Å². The molecule has 4 nitrogen and oxygen atoms in total. The largest absolute Gasteiger partial charge is 0.253 e. The van der Waals surface area contributed by atoms with E-state index in [1.165, 1.54) is 0 Å². The van der Waals surface area contributed by atoms with Crippen LogP contribution >= 0.6 is 11.6 Å². The average molecular weight is 333 g/mol. The van der Waals surface area contributed by atoms with Gasteiger partial charge in [-0.25, -0.2) is 22.2 Å². The van der Waals surface area contributed by atoms with Gasteiger partial charge in [0.05, 0.1) is 21.7 Å². The van der Waals surface area contributed by atoms with Crippen LogP contribution in [0.25, 0.3) is 10.9 Å². The van der Waals surface area contributed by atoms with Crippen molar-refractivity contribution in [2.24, 2.45) is 0 Å². The third kappa shape index (κ3) is 2.24. The summed E-state index contributed by atoms with van der Waals surface area (Å²) in [7, 11) is -3.44. The molecule has 0 radical (unpaired) electrons. The number of aromatic nitrogens is 1. The van der Waals surface area contributed by atoms with E-state index in [0.717, 1.165) is 16.4 Å². The van der Waals surface area contributed by atoms with Crippen molar-refractivity contribution in [3.63, 3.8) is 0 Å². The zero-order chi connectivity index (χ0) is 15.4. The van der Waals surface area contributed by atoms with Crippen molar-refractivity contribution >= 4 is 38.3 Å². The minimum absolute atomic E-state index is 0.000185. The number of hydrogen-bond acceptors (Lipinski definition) is 3. The molecule has 0 aliphatic carbocycles. The van der Waals surface area contributed by atoms with E-state index in [2.05, 4.69) is 4.98 Å². The third-order valence-electron chi connectivity index (χ3n) is 3.48. The minimum Gasteiger partial charge on any atom is -0.253 e. The number of nitrogens with zero attached hydrogens (tertiary/aromatic N) is 2. The lowest BCUT2D eigenvalue weighted by Crippen LogP contribution is -2.27. The lowest BCUT2D eigenvalue weighted by atomic mass is 10.1. The van der Waals surface area contributed by atoms with Crippen LogP contribution in [0.5, 0.6) is 0 Å². The van der Waals surface area contributed by atoms with Crippen LogP contribution in [-0.4, -0.2) is 25.7 Å². The average Bonchev–Trinajstić information content (AvgIpc) is 2.72. The van der Waals surface area contributed by atoms with E-state index < -0.39 is 21.7 Å². The Kier molecular flexibility index (Phi) is 3.29. The van der Waals surface area contributed by atoms with Crippen LogP contribution in [0.4, 0.5) is 14.6 Å². The highest BCUT2D eigenvalue weighted by Gasteiger charge is 2.31. The van der Waals surface area contributed by atoms with Gasteiger partial charge in [-0.05, 0) is 13.3 Å². The van der Waals surface area contributed by atoms with Gasteiger partial charge in [0.1, 0.15) is 17.5 Å². The van der Waals surface area contributed by atoms with Crippen molar-refractivity contribution in [1.29, 1.82) is 0 Å². The second kappa shape index (κ2) is 4.78. The molecule has 1 aromatic heterocycles. The zero-order valence-corrected chi connectivity index (χ0v) is 12.6. The number of benzene rings is 1. The fourth-order valence-electron chi connectivity index (χ4n) is 2.47. The molecule has 1 aliphatic heterocycles. The van der Waals surface area contributed by atoms with E-state index >= 15 is 0 Å². The van der Waals surface area contributed by atoms with Crippen LogP contribution in [0.3, 0.4) is 0 Å². The quantitative estimate of drug-likeness (QED) is 0.806. The van der Waals surface area contributed by atoms with Gasteiger partial charge in [0.15, 0.2) is 0 Å². The van der Waals surface area contributed by atoms with Gasteiger partial charge < -0.3 is 0 Å². The summed E-state index contributed by atoms with van der Waals surface area (Å²) < 4.78 is 52.3. The second-order valence-corrected chi connectivity index (χ2v) is 7.29. The molecule has 1 saturated heterocycles. The molecular formula is C13H11ClF2N2O2S. The van der Waals surface area contributed by atoms with E-state index in [0.29, 0.717) is 12.0 Å². The SMILES string of the molecule is Cc1c(N2CCCS2(=O)=O)nc2cc(F)cc(F)c2c1Cl. The molecule has 0 spiro atoms. The normalized spacial score (nSPS) is 17.6. The maximum Gasteiger partial charge on any atom is 0.236 e. The molecule has 112 valence electrons. The van der Waals surface area contributed by atoms with E-state index in [4.69, 9.17) is 11.6 Å². The lowest BCUT2D eigenvalue weighted by molar-refractivity contribution is 0.591. The van der Waals surface area contributed by atoms with Gasteiger partial charge in [-0.2, -0.15) is 0 Å². The van der Waals surface area contributed by atoms with Gasteiger partial charge in [-0.3, -0.25) is 4.31 Å². The van der Waals surface area contributed by atoms with Gasteiger partial charge in [-0.15, -0.1) is 0 Å². The van der Waals surface area contributed by atoms with Crippen LogP contribution in [0.1, 0.15) is 12.0 Å². The Morgan fingerprint density at radius 3 is 2.67 bits per heavy atom. The molecule has 21 heavy (non-hydrogen) atoms. The number of pyridine rings is 1. The summed E-state index contributed by atoms with van der Waals surface area (Å²) in [4.78, 5) is 4.12. The maximum atomic E-state index is 13.9. The van der Waals surface area contributed by atoms with Crippen LogP contribution in [-0.2, 0) is 10.0 Å². The van der Waals surface area contributed by atoms with Crippen molar-refractivity contribution in [2.45, 2.75) is 13.3 Å². The molecule has 2 aromatic rings.